The van der Waals surface area contributed by atoms with E-state index in [9.17, 15) is 0 Å². The molecule has 6 aromatic rings. The molecule has 0 radical (unpaired) electrons. The number of hydrogen-bond donors (Lipinski definition) is 0. The first kappa shape index (κ1) is 25.2. The Morgan fingerprint density at radius 2 is 1.03 bits per heavy atom. The molecule has 0 aliphatic carbocycles. The molecule has 0 atom stereocenters. The number of benzene rings is 5. The zero-order valence-electron chi connectivity index (χ0n) is 23.9. The Bertz CT molecular complexity index is 1770. The van der Waals surface area contributed by atoms with Crippen molar-refractivity contribution in [2.45, 2.75) is 52.4 Å². The lowest BCUT2D eigenvalue weighted by Crippen LogP contribution is -2.14. The normalized spacial score (nSPS) is 12.4. The van der Waals surface area contributed by atoms with Gasteiger partial charge in [0.15, 0.2) is 0 Å². The Labute approximate surface area is 232 Å². The Morgan fingerprint density at radius 3 is 1.64 bits per heavy atom. The summed E-state index contributed by atoms with van der Waals surface area (Å²) in [6.45, 7) is 13.9. The van der Waals surface area contributed by atoms with Crippen LogP contribution < -0.4 is 0 Å². The quantitative estimate of drug-likeness (QED) is 0.224. The first-order chi connectivity index (χ1) is 18.6. The van der Waals surface area contributed by atoms with Gasteiger partial charge in [-0.1, -0.05) is 133 Å². The summed E-state index contributed by atoms with van der Waals surface area (Å²) in [6.07, 6.45) is 0. The van der Waals surface area contributed by atoms with Gasteiger partial charge in [0.1, 0.15) is 0 Å². The molecule has 194 valence electrons. The lowest BCUT2D eigenvalue weighted by atomic mass is 9.78. The van der Waals surface area contributed by atoms with Gasteiger partial charge in [-0.3, -0.25) is 0 Å². The molecule has 0 aliphatic heterocycles. The topological polar surface area (TPSA) is 4.93 Å². The summed E-state index contributed by atoms with van der Waals surface area (Å²) in [7, 11) is 0. The fraction of sp³-hybridized carbons (Fsp3) is 0.211. The van der Waals surface area contributed by atoms with E-state index in [0.717, 1.165) is 0 Å². The van der Waals surface area contributed by atoms with E-state index in [1.807, 2.05) is 0 Å². The minimum absolute atomic E-state index is 0.0723. The summed E-state index contributed by atoms with van der Waals surface area (Å²) in [5.74, 6) is 0. The highest BCUT2D eigenvalue weighted by molar-refractivity contribution is 6.18. The Balaban J connectivity index is 1.77. The fourth-order valence-corrected chi connectivity index (χ4v) is 6.03. The van der Waals surface area contributed by atoms with Crippen LogP contribution in [0.1, 0.15) is 52.7 Å². The van der Waals surface area contributed by atoms with E-state index in [1.165, 1.54) is 60.9 Å². The Kier molecular flexibility index (Phi) is 5.99. The Morgan fingerprint density at radius 1 is 0.436 bits per heavy atom. The maximum absolute atomic E-state index is 2.44. The van der Waals surface area contributed by atoms with E-state index in [2.05, 4.69) is 161 Å². The molecule has 0 fully saturated rings. The highest BCUT2D eigenvalue weighted by Gasteiger charge is 2.27. The van der Waals surface area contributed by atoms with Crippen molar-refractivity contribution in [3.63, 3.8) is 0 Å². The van der Waals surface area contributed by atoms with E-state index >= 15 is 0 Å². The van der Waals surface area contributed by atoms with Gasteiger partial charge in [0.05, 0.1) is 11.0 Å². The summed E-state index contributed by atoms with van der Waals surface area (Å²) < 4.78 is 2.44. The standard InChI is InChI=1S/C38H37N/c1-37(2,3)28-22-20-27(21-23-28)31-24-25-33-35(36(31)38(4,5)6)34-30(26-14-9-7-10-15-26)18-13-19-32(34)39(33)29-16-11-8-12-17-29/h7-25H,1-6H3. The zero-order chi connectivity index (χ0) is 27.4. The smallest absolute Gasteiger partial charge is 0.0547 e. The minimum atomic E-state index is -0.0723. The molecule has 0 bridgehead atoms. The first-order valence-electron chi connectivity index (χ1n) is 14.0. The van der Waals surface area contributed by atoms with Gasteiger partial charge in [0, 0.05) is 16.5 Å². The van der Waals surface area contributed by atoms with Gasteiger partial charge in [0.2, 0.25) is 0 Å². The lowest BCUT2D eigenvalue weighted by Gasteiger charge is -2.26. The van der Waals surface area contributed by atoms with Crippen molar-refractivity contribution in [2.75, 3.05) is 0 Å². The van der Waals surface area contributed by atoms with Crippen LogP contribution in [-0.2, 0) is 10.8 Å². The van der Waals surface area contributed by atoms with Gasteiger partial charge in [-0.05, 0) is 68.5 Å². The lowest BCUT2D eigenvalue weighted by molar-refractivity contribution is 0.590. The summed E-state index contributed by atoms with van der Waals surface area (Å²) in [6, 6.07) is 42.3. The predicted octanol–water partition coefficient (Wildman–Crippen LogP) is 10.7. The molecule has 0 amide bonds. The second-order valence-electron chi connectivity index (χ2n) is 12.7. The molecule has 0 saturated heterocycles. The molecule has 1 aromatic heterocycles. The molecule has 5 aromatic carbocycles. The molecule has 0 aliphatic rings. The highest BCUT2D eigenvalue weighted by atomic mass is 15.0. The zero-order valence-corrected chi connectivity index (χ0v) is 23.9. The van der Waals surface area contributed by atoms with Crippen molar-refractivity contribution >= 4 is 21.8 Å². The van der Waals surface area contributed by atoms with Gasteiger partial charge < -0.3 is 4.57 Å². The third-order valence-corrected chi connectivity index (χ3v) is 7.87. The summed E-state index contributed by atoms with van der Waals surface area (Å²) in [4.78, 5) is 0. The number of hydrogen-bond acceptors (Lipinski definition) is 0. The van der Waals surface area contributed by atoms with Gasteiger partial charge in [0.25, 0.3) is 0 Å². The number of para-hydroxylation sites is 1. The molecule has 1 heteroatoms. The number of fused-ring (bicyclic) bond motifs is 3. The fourth-order valence-electron chi connectivity index (χ4n) is 6.03. The molecule has 0 saturated carbocycles. The summed E-state index contributed by atoms with van der Waals surface area (Å²) >= 11 is 0. The molecule has 1 heterocycles. The van der Waals surface area contributed by atoms with Crippen LogP contribution in [0.25, 0.3) is 49.7 Å². The van der Waals surface area contributed by atoms with Crippen LogP contribution in [0.5, 0.6) is 0 Å². The van der Waals surface area contributed by atoms with Crippen molar-refractivity contribution in [1.82, 2.24) is 4.57 Å². The average molecular weight is 508 g/mol. The van der Waals surface area contributed by atoms with Crippen LogP contribution in [0.2, 0.25) is 0 Å². The monoisotopic (exact) mass is 507 g/mol. The van der Waals surface area contributed by atoms with E-state index in [-0.39, 0.29) is 10.8 Å². The molecule has 0 spiro atoms. The first-order valence-corrected chi connectivity index (χ1v) is 14.0. The summed E-state index contributed by atoms with van der Waals surface area (Å²) in [5.41, 5.74) is 11.6. The van der Waals surface area contributed by atoms with Crippen LogP contribution in [0.15, 0.2) is 115 Å². The van der Waals surface area contributed by atoms with Crippen molar-refractivity contribution in [1.29, 1.82) is 0 Å². The molecule has 6 rings (SSSR count). The third-order valence-electron chi connectivity index (χ3n) is 7.87. The van der Waals surface area contributed by atoms with Gasteiger partial charge in [-0.15, -0.1) is 0 Å². The molecule has 0 unspecified atom stereocenters. The number of aromatic nitrogens is 1. The maximum atomic E-state index is 2.44. The molecule has 1 nitrogen and oxygen atoms in total. The number of rotatable bonds is 3. The van der Waals surface area contributed by atoms with Crippen LogP contribution in [-0.4, -0.2) is 4.57 Å². The van der Waals surface area contributed by atoms with Crippen molar-refractivity contribution in [3.8, 4) is 27.9 Å². The largest absolute Gasteiger partial charge is 0.309 e. The third kappa shape index (κ3) is 4.36. The van der Waals surface area contributed by atoms with Crippen LogP contribution in [0.4, 0.5) is 0 Å². The van der Waals surface area contributed by atoms with Crippen LogP contribution >= 0.6 is 0 Å². The van der Waals surface area contributed by atoms with Gasteiger partial charge in [-0.2, -0.15) is 0 Å². The van der Waals surface area contributed by atoms with Gasteiger partial charge in [-0.25, -0.2) is 0 Å². The van der Waals surface area contributed by atoms with Crippen molar-refractivity contribution in [2.24, 2.45) is 0 Å². The second-order valence-corrected chi connectivity index (χ2v) is 12.7. The second kappa shape index (κ2) is 9.27. The van der Waals surface area contributed by atoms with E-state index in [0.29, 0.717) is 0 Å². The average Bonchev–Trinajstić information content (AvgIpc) is 3.27. The molecule has 39 heavy (non-hydrogen) atoms. The minimum Gasteiger partial charge on any atom is -0.309 e. The number of nitrogens with zero attached hydrogens (tertiary/aromatic N) is 1. The molecular formula is C38H37N. The van der Waals surface area contributed by atoms with Crippen molar-refractivity contribution < 1.29 is 0 Å². The van der Waals surface area contributed by atoms with Crippen LogP contribution in [0, 0.1) is 0 Å². The van der Waals surface area contributed by atoms with E-state index in [4.69, 9.17) is 0 Å². The predicted molar refractivity (Wildman–Crippen MR) is 169 cm³/mol. The molecule has 0 N–H and O–H groups in total. The highest BCUT2D eigenvalue weighted by Crippen LogP contribution is 2.46. The van der Waals surface area contributed by atoms with Crippen LogP contribution in [0.3, 0.4) is 0 Å². The maximum Gasteiger partial charge on any atom is 0.0547 e. The van der Waals surface area contributed by atoms with E-state index < -0.39 is 0 Å². The van der Waals surface area contributed by atoms with Gasteiger partial charge >= 0.3 is 0 Å². The van der Waals surface area contributed by atoms with E-state index in [1.54, 1.807) is 0 Å². The SMILES string of the molecule is CC(C)(C)c1ccc(-c2ccc3c(c2C(C)(C)C)c2c(-c4ccccc4)cccc2n3-c2ccccc2)cc1. The van der Waals surface area contributed by atoms with Crippen molar-refractivity contribution in [3.05, 3.63) is 126 Å². The summed E-state index contributed by atoms with van der Waals surface area (Å²) in [5, 5.41) is 2.67. The Hall–Kier alpha value is -4.10. The molecular weight excluding hydrogens is 470 g/mol.